The van der Waals surface area contributed by atoms with Crippen molar-refractivity contribution in [3.63, 3.8) is 0 Å². The van der Waals surface area contributed by atoms with Crippen LogP contribution in [0.1, 0.15) is 32.3 Å². The molecule has 2 rings (SSSR count). The van der Waals surface area contributed by atoms with E-state index in [1.807, 2.05) is 6.07 Å². The van der Waals surface area contributed by atoms with E-state index in [9.17, 15) is 9.50 Å². The number of hydrogen-bond acceptors (Lipinski definition) is 2. The maximum atomic E-state index is 13.4. The zero-order valence-electron chi connectivity index (χ0n) is 11.3. The van der Waals surface area contributed by atoms with Crippen molar-refractivity contribution < 1.29 is 14.2 Å². The highest BCUT2D eigenvalue weighted by atomic mass is 79.9. The first kappa shape index (κ1) is 14.9. The fourth-order valence-corrected chi connectivity index (χ4v) is 3.13. The van der Waals surface area contributed by atoms with E-state index < -0.39 is 5.60 Å². The van der Waals surface area contributed by atoms with Crippen LogP contribution in [-0.4, -0.2) is 23.4 Å². The van der Waals surface area contributed by atoms with Gasteiger partial charge >= 0.3 is 0 Å². The van der Waals surface area contributed by atoms with Gasteiger partial charge in [0.15, 0.2) is 0 Å². The Hall–Kier alpha value is -0.450. The summed E-state index contributed by atoms with van der Waals surface area (Å²) in [5.74, 6) is 0.103. The fourth-order valence-electron chi connectivity index (χ4n) is 2.62. The molecule has 2 atom stereocenters. The van der Waals surface area contributed by atoms with E-state index in [2.05, 4.69) is 29.8 Å². The highest BCUT2D eigenvalue weighted by molar-refractivity contribution is 9.10. The minimum atomic E-state index is -0.791. The number of halogens is 2. The molecule has 0 radical (unpaired) electrons. The predicted molar refractivity (Wildman–Crippen MR) is 76.6 cm³/mol. The van der Waals surface area contributed by atoms with Gasteiger partial charge in [-0.3, -0.25) is 0 Å². The Morgan fingerprint density at radius 2 is 2.21 bits per heavy atom. The molecule has 4 heteroatoms. The first-order valence-electron chi connectivity index (χ1n) is 6.67. The molecule has 1 aromatic carbocycles. The lowest BCUT2D eigenvalue weighted by atomic mass is 9.82. The van der Waals surface area contributed by atoms with Gasteiger partial charge in [-0.05, 0) is 36.1 Å². The maximum Gasteiger partial charge on any atom is 0.124 e. The topological polar surface area (TPSA) is 29.5 Å². The van der Waals surface area contributed by atoms with Crippen LogP contribution in [0.5, 0.6) is 0 Å². The van der Waals surface area contributed by atoms with Crippen LogP contribution in [0, 0.1) is 11.7 Å². The highest BCUT2D eigenvalue weighted by Crippen LogP contribution is 2.32. The van der Waals surface area contributed by atoms with Crippen molar-refractivity contribution in [1.29, 1.82) is 0 Å². The molecule has 106 valence electrons. The van der Waals surface area contributed by atoms with E-state index in [-0.39, 0.29) is 11.9 Å². The van der Waals surface area contributed by atoms with Crippen molar-refractivity contribution in [1.82, 2.24) is 0 Å². The van der Waals surface area contributed by atoms with E-state index in [0.29, 0.717) is 36.3 Å². The average molecular weight is 331 g/mol. The predicted octanol–water partition coefficient (Wildman–Crippen LogP) is 3.70. The van der Waals surface area contributed by atoms with Gasteiger partial charge in [0.2, 0.25) is 0 Å². The average Bonchev–Trinajstić information content (AvgIpc) is 2.26. The summed E-state index contributed by atoms with van der Waals surface area (Å²) in [6, 6.07) is 4.78. The Labute approximate surface area is 122 Å². The summed E-state index contributed by atoms with van der Waals surface area (Å²) in [5, 5.41) is 10.7. The fraction of sp³-hybridized carbons (Fsp3) is 0.600. The molecule has 0 spiro atoms. The molecule has 1 aliphatic rings. The lowest BCUT2D eigenvalue weighted by Gasteiger charge is -2.38. The summed E-state index contributed by atoms with van der Waals surface area (Å²) >= 11 is 3.28. The number of rotatable bonds is 3. The molecule has 1 aromatic rings. The van der Waals surface area contributed by atoms with E-state index >= 15 is 0 Å². The summed E-state index contributed by atoms with van der Waals surface area (Å²) in [4.78, 5) is 0. The first-order valence-corrected chi connectivity index (χ1v) is 7.46. The van der Waals surface area contributed by atoms with Crippen LogP contribution < -0.4 is 0 Å². The maximum absolute atomic E-state index is 13.4. The molecular formula is C15H20BrFO2. The van der Waals surface area contributed by atoms with Gasteiger partial charge in [-0.25, -0.2) is 4.39 Å². The molecule has 1 N–H and O–H groups in total. The molecule has 1 heterocycles. The molecule has 2 unspecified atom stereocenters. The van der Waals surface area contributed by atoms with Crippen molar-refractivity contribution >= 4 is 15.9 Å². The summed E-state index contributed by atoms with van der Waals surface area (Å²) < 4.78 is 19.8. The van der Waals surface area contributed by atoms with Crippen LogP contribution in [0.25, 0.3) is 0 Å². The normalized spacial score (nSPS) is 27.8. The summed E-state index contributed by atoms with van der Waals surface area (Å²) in [7, 11) is 0. The number of benzene rings is 1. The van der Waals surface area contributed by atoms with Gasteiger partial charge in [0.05, 0.1) is 11.7 Å². The Morgan fingerprint density at radius 3 is 2.84 bits per heavy atom. The summed E-state index contributed by atoms with van der Waals surface area (Å²) in [6.45, 7) is 4.75. The van der Waals surface area contributed by atoms with E-state index in [1.54, 1.807) is 0 Å². The first-order chi connectivity index (χ1) is 8.88. The smallest absolute Gasteiger partial charge is 0.124 e. The minimum absolute atomic E-state index is 0.0794. The lowest BCUT2D eigenvalue weighted by Crippen LogP contribution is -2.44. The Morgan fingerprint density at radius 1 is 1.47 bits per heavy atom. The summed E-state index contributed by atoms with van der Waals surface area (Å²) in [6.07, 6.45) is 1.76. The molecule has 0 saturated carbocycles. The molecule has 1 fully saturated rings. The monoisotopic (exact) mass is 330 g/mol. The van der Waals surface area contributed by atoms with Gasteiger partial charge in [-0.1, -0.05) is 29.8 Å². The summed E-state index contributed by atoms with van der Waals surface area (Å²) in [5.41, 5.74) is 0.0271. The van der Waals surface area contributed by atoms with Crippen LogP contribution in [0.4, 0.5) is 4.39 Å². The Bertz CT molecular complexity index is 430. The third kappa shape index (κ3) is 4.01. The molecule has 2 nitrogen and oxygen atoms in total. The van der Waals surface area contributed by atoms with E-state index in [0.717, 1.165) is 5.56 Å². The molecule has 0 aliphatic carbocycles. The third-order valence-electron chi connectivity index (χ3n) is 3.68. The van der Waals surface area contributed by atoms with Crippen LogP contribution >= 0.6 is 15.9 Å². The van der Waals surface area contributed by atoms with E-state index in [1.165, 1.54) is 12.1 Å². The number of hydrogen-bond donors (Lipinski definition) is 1. The van der Waals surface area contributed by atoms with Crippen LogP contribution in [-0.2, 0) is 11.2 Å². The molecule has 0 aromatic heterocycles. The Balaban J connectivity index is 2.12. The van der Waals surface area contributed by atoms with Gasteiger partial charge in [-0.2, -0.15) is 0 Å². The van der Waals surface area contributed by atoms with E-state index in [4.69, 9.17) is 4.74 Å². The van der Waals surface area contributed by atoms with Gasteiger partial charge in [-0.15, -0.1) is 0 Å². The van der Waals surface area contributed by atoms with Crippen molar-refractivity contribution in [2.45, 2.75) is 44.8 Å². The SMILES string of the molecule is CC(C)C1CC(O)(Cc2cc(F)cc(Br)c2)CCO1. The molecule has 1 aliphatic heterocycles. The number of ether oxygens (including phenoxy) is 1. The quantitative estimate of drug-likeness (QED) is 0.915. The van der Waals surface area contributed by atoms with Crippen molar-refractivity contribution in [2.75, 3.05) is 6.61 Å². The van der Waals surface area contributed by atoms with Crippen LogP contribution in [0.15, 0.2) is 22.7 Å². The molecule has 0 bridgehead atoms. The number of aliphatic hydroxyl groups is 1. The molecule has 19 heavy (non-hydrogen) atoms. The van der Waals surface area contributed by atoms with Gasteiger partial charge < -0.3 is 9.84 Å². The second-order valence-corrected chi connectivity index (χ2v) is 6.70. The zero-order valence-corrected chi connectivity index (χ0v) is 12.9. The second kappa shape index (κ2) is 5.90. The molecule has 0 amide bonds. The molecular weight excluding hydrogens is 311 g/mol. The minimum Gasteiger partial charge on any atom is -0.389 e. The highest BCUT2D eigenvalue weighted by Gasteiger charge is 2.36. The van der Waals surface area contributed by atoms with Gasteiger partial charge in [0.25, 0.3) is 0 Å². The lowest BCUT2D eigenvalue weighted by molar-refractivity contribution is -0.116. The van der Waals surface area contributed by atoms with Crippen molar-refractivity contribution in [2.24, 2.45) is 5.92 Å². The van der Waals surface area contributed by atoms with Crippen LogP contribution in [0.3, 0.4) is 0 Å². The van der Waals surface area contributed by atoms with Crippen LogP contribution in [0.2, 0.25) is 0 Å². The second-order valence-electron chi connectivity index (χ2n) is 5.79. The third-order valence-corrected chi connectivity index (χ3v) is 4.14. The van der Waals surface area contributed by atoms with Crippen molar-refractivity contribution in [3.05, 3.63) is 34.1 Å². The van der Waals surface area contributed by atoms with Gasteiger partial charge in [0.1, 0.15) is 5.82 Å². The van der Waals surface area contributed by atoms with Gasteiger partial charge in [0, 0.05) is 23.9 Å². The Kier molecular flexibility index (Phi) is 4.64. The zero-order chi connectivity index (χ0) is 14.0. The van der Waals surface area contributed by atoms with Crippen molar-refractivity contribution in [3.8, 4) is 0 Å². The molecule has 1 saturated heterocycles. The largest absolute Gasteiger partial charge is 0.389 e. The standard InChI is InChI=1S/C15H20BrFO2/c1-10(2)14-9-15(18,3-4-19-14)8-11-5-12(16)7-13(17)6-11/h5-7,10,14,18H,3-4,8-9H2,1-2H3.